The molecule has 0 fully saturated rings. The van der Waals surface area contributed by atoms with Gasteiger partial charge < -0.3 is 5.73 Å². The van der Waals surface area contributed by atoms with E-state index >= 15 is 0 Å². The fraction of sp³-hybridized carbons (Fsp3) is 0. The molecule has 17 heavy (non-hydrogen) atoms. The Morgan fingerprint density at radius 2 is 2.24 bits per heavy atom. The predicted molar refractivity (Wildman–Crippen MR) is 65.8 cm³/mol. The molecule has 9 heteroatoms. The van der Waals surface area contributed by atoms with E-state index in [1.165, 1.54) is 6.21 Å². The molecule has 1 aromatic rings. The Balaban J connectivity index is 2.71. The molecule has 3 N–H and O–H groups in total. The first-order valence-electron chi connectivity index (χ1n) is 4.21. The fourth-order valence-electron chi connectivity index (χ4n) is 0.892. The monoisotopic (exact) mass is 275 g/mol. The Bertz CT molecular complexity index is 489. The van der Waals surface area contributed by atoms with Gasteiger partial charge in [0.15, 0.2) is 5.03 Å². The molecule has 0 amide bonds. The number of guanidine groups is 1. The molecule has 0 heterocycles. The lowest BCUT2D eigenvalue weighted by atomic mass is 10.2. The molecular formula is C8H7Cl2N5O2. The molecule has 0 spiro atoms. The van der Waals surface area contributed by atoms with E-state index in [0.29, 0.717) is 15.6 Å². The van der Waals surface area contributed by atoms with Crippen LogP contribution in [0, 0.1) is 10.1 Å². The number of hydrogen-bond donors (Lipinski definition) is 2. The largest absolute Gasteiger partial charge is 0.363 e. The second-order valence-electron chi connectivity index (χ2n) is 2.76. The van der Waals surface area contributed by atoms with E-state index in [-0.39, 0.29) is 0 Å². The van der Waals surface area contributed by atoms with Gasteiger partial charge in [-0.25, -0.2) is 15.5 Å². The number of hydrogen-bond acceptors (Lipinski definition) is 3. The maximum absolute atomic E-state index is 9.95. The molecule has 0 unspecified atom stereocenters. The van der Waals surface area contributed by atoms with E-state index in [1.807, 2.05) is 0 Å². The maximum Gasteiger partial charge on any atom is 0.286 e. The first-order valence-corrected chi connectivity index (χ1v) is 4.97. The normalized spacial score (nSPS) is 11.8. The second kappa shape index (κ2) is 6.02. The molecule has 0 saturated heterocycles. The van der Waals surface area contributed by atoms with Crippen molar-refractivity contribution in [3.05, 3.63) is 43.9 Å². The molecule has 0 radical (unpaired) electrons. The van der Waals surface area contributed by atoms with Gasteiger partial charge in [0.1, 0.15) is 5.10 Å². The third-order valence-corrected chi connectivity index (χ3v) is 2.11. The molecule has 0 aliphatic heterocycles. The van der Waals surface area contributed by atoms with Gasteiger partial charge in [0.05, 0.1) is 6.21 Å². The van der Waals surface area contributed by atoms with Crippen molar-refractivity contribution in [1.82, 2.24) is 5.43 Å². The minimum atomic E-state index is -0.940. The predicted octanol–water partition coefficient (Wildman–Crippen LogP) is 1.42. The Hall–Kier alpha value is -1.86. The van der Waals surface area contributed by atoms with Crippen molar-refractivity contribution in [2.24, 2.45) is 15.9 Å². The minimum Gasteiger partial charge on any atom is -0.363 e. The van der Waals surface area contributed by atoms with Gasteiger partial charge in [-0.2, -0.15) is 5.10 Å². The van der Waals surface area contributed by atoms with Gasteiger partial charge in [0, 0.05) is 15.6 Å². The summed E-state index contributed by atoms with van der Waals surface area (Å²) in [7, 11) is 0. The van der Waals surface area contributed by atoms with Crippen LogP contribution in [0.25, 0.3) is 0 Å². The van der Waals surface area contributed by atoms with E-state index in [1.54, 1.807) is 18.2 Å². The summed E-state index contributed by atoms with van der Waals surface area (Å²) in [6.07, 6.45) is 1.32. The van der Waals surface area contributed by atoms with Crippen molar-refractivity contribution in [3.63, 3.8) is 0 Å². The summed E-state index contributed by atoms with van der Waals surface area (Å²) in [4.78, 5) is 9.95. The Labute approximate surface area is 106 Å². The number of hydrazone groups is 2. The Morgan fingerprint density at radius 1 is 1.53 bits per heavy atom. The molecule has 1 aromatic carbocycles. The number of nitrogens with one attached hydrogen (secondary N) is 1. The number of rotatable bonds is 3. The highest BCUT2D eigenvalue weighted by Gasteiger charge is 1.99. The lowest BCUT2D eigenvalue weighted by Gasteiger charge is -1.98. The maximum atomic E-state index is 9.95. The molecule has 0 aliphatic carbocycles. The quantitative estimate of drug-likeness (QED) is 0.377. The Kier molecular flexibility index (Phi) is 4.68. The summed E-state index contributed by atoms with van der Waals surface area (Å²) in [5.41, 5.74) is 7.84. The van der Waals surface area contributed by atoms with Crippen molar-refractivity contribution in [2.45, 2.75) is 0 Å². The third kappa shape index (κ3) is 4.66. The van der Waals surface area contributed by atoms with Crippen LogP contribution in [-0.4, -0.2) is 17.2 Å². The molecular weight excluding hydrogens is 269 g/mol. The van der Waals surface area contributed by atoms with Gasteiger partial charge in [-0.15, -0.1) is 0 Å². The van der Waals surface area contributed by atoms with Crippen LogP contribution in [0.2, 0.25) is 10.0 Å². The van der Waals surface area contributed by atoms with Crippen molar-refractivity contribution >= 4 is 35.4 Å². The molecule has 1 rings (SSSR count). The first-order chi connectivity index (χ1) is 7.99. The SMILES string of the molecule is N/C(=N/[N+](=O)[O-])N/N=C\c1cc(Cl)ccc1Cl. The third-order valence-electron chi connectivity index (χ3n) is 1.53. The van der Waals surface area contributed by atoms with E-state index in [9.17, 15) is 10.1 Å². The van der Waals surface area contributed by atoms with E-state index < -0.39 is 11.0 Å². The topological polar surface area (TPSA) is 106 Å². The van der Waals surface area contributed by atoms with Crippen molar-refractivity contribution in [3.8, 4) is 0 Å². The van der Waals surface area contributed by atoms with Crippen LogP contribution < -0.4 is 11.2 Å². The summed E-state index contributed by atoms with van der Waals surface area (Å²) < 4.78 is 0. The zero-order valence-electron chi connectivity index (χ0n) is 8.30. The highest BCUT2D eigenvalue weighted by molar-refractivity contribution is 6.35. The molecule has 0 aliphatic rings. The summed E-state index contributed by atoms with van der Waals surface area (Å²) in [5, 5.41) is 16.3. The Morgan fingerprint density at radius 3 is 2.88 bits per heavy atom. The zero-order valence-corrected chi connectivity index (χ0v) is 9.81. The highest BCUT2D eigenvalue weighted by Crippen LogP contribution is 2.18. The standard InChI is InChI=1S/C8H7Cl2N5O2/c9-6-1-2-7(10)5(3-6)4-12-13-8(11)14-15(16)17/h1-4H,(H3,11,13,14)/b12-4-. The zero-order chi connectivity index (χ0) is 12.8. The first kappa shape index (κ1) is 13.2. The lowest BCUT2D eigenvalue weighted by Crippen LogP contribution is -2.28. The number of halogens is 2. The molecule has 0 aromatic heterocycles. The number of nitro groups is 1. The van der Waals surface area contributed by atoms with E-state index in [0.717, 1.165) is 0 Å². The average Bonchev–Trinajstić information content (AvgIpc) is 2.22. The molecule has 7 nitrogen and oxygen atoms in total. The smallest absolute Gasteiger partial charge is 0.286 e. The highest BCUT2D eigenvalue weighted by atomic mass is 35.5. The van der Waals surface area contributed by atoms with Gasteiger partial charge in [0.2, 0.25) is 0 Å². The number of nitrogens with zero attached hydrogens (tertiary/aromatic N) is 3. The summed E-state index contributed by atoms with van der Waals surface area (Å²) in [5.74, 6) is -0.440. The van der Waals surface area contributed by atoms with Gasteiger partial charge in [0.25, 0.3) is 5.96 Å². The van der Waals surface area contributed by atoms with Crippen LogP contribution in [0.15, 0.2) is 28.4 Å². The summed E-state index contributed by atoms with van der Waals surface area (Å²) in [6.45, 7) is 0. The van der Waals surface area contributed by atoms with Crippen LogP contribution in [-0.2, 0) is 0 Å². The van der Waals surface area contributed by atoms with Crippen LogP contribution >= 0.6 is 23.2 Å². The number of benzene rings is 1. The van der Waals surface area contributed by atoms with Gasteiger partial charge in [-0.1, -0.05) is 23.2 Å². The van der Waals surface area contributed by atoms with Crippen LogP contribution in [0.3, 0.4) is 0 Å². The fourth-order valence-corrected chi connectivity index (χ4v) is 1.24. The van der Waals surface area contributed by atoms with E-state index in [2.05, 4.69) is 15.6 Å². The molecule has 90 valence electrons. The van der Waals surface area contributed by atoms with Crippen LogP contribution in [0.1, 0.15) is 5.56 Å². The van der Waals surface area contributed by atoms with Crippen LogP contribution in [0.4, 0.5) is 0 Å². The van der Waals surface area contributed by atoms with Crippen molar-refractivity contribution in [2.75, 3.05) is 0 Å². The number of nitrogens with two attached hydrogens (primary N) is 1. The molecule has 0 bridgehead atoms. The minimum absolute atomic E-state index is 0.435. The molecule has 0 atom stereocenters. The van der Waals surface area contributed by atoms with Crippen molar-refractivity contribution < 1.29 is 5.03 Å². The molecule has 0 saturated carbocycles. The lowest BCUT2D eigenvalue weighted by molar-refractivity contribution is -0.485. The van der Waals surface area contributed by atoms with Gasteiger partial charge in [-0.05, 0) is 18.2 Å². The van der Waals surface area contributed by atoms with Crippen molar-refractivity contribution in [1.29, 1.82) is 0 Å². The summed E-state index contributed by atoms with van der Waals surface area (Å²) in [6, 6.07) is 4.80. The van der Waals surface area contributed by atoms with Gasteiger partial charge in [-0.3, -0.25) is 0 Å². The average molecular weight is 276 g/mol. The van der Waals surface area contributed by atoms with Crippen LogP contribution in [0.5, 0.6) is 0 Å². The summed E-state index contributed by atoms with van der Waals surface area (Å²) >= 11 is 11.6. The van der Waals surface area contributed by atoms with Gasteiger partial charge >= 0.3 is 0 Å². The van der Waals surface area contributed by atoms with E-state index in [4.69, 9.17) is 28.9 Å². The second-order valence-corrected chi connectivity index (χ2v) is 3.60.